The maximum absolute atomic E-state index is 12.2. The van der Waals surface area contributed by atoms with Crippen LogP contribution in [0.15, 0.2) is 4.52 Å². The summed E-state index contributed by atoms with van der Waals surface area (Å²) in [5.41, 5.74) is 5.12. The molecule has 0 unspecified atom stereocenters. The van der Waals surface area contributed by atoms with Crippen molar-refractivity contribution in [3.8, 4) is 0 Å². The predicted octanol–water partition coefficient (Wildman–Crippen LogP) is 0.219. The average Bonchev–Trinajstić information content (AvgIpc) is 2.85. The topological polar surface area (TPSA) is 88.5 Å². The standard InChI is InChI=1S/C13H23N5O2/c1-13(2,3)12(19)18-6-4-17(5-7-18)9-10-15-11(8-14)20-16-10/h4-9,14H2,1-3H3. The molecule has 0 aliphatic carbocycles. The van der Waals surface area contributed by atoms with Gasteiger partial charge in [0.15, 0.2) is 5.82 Å². The number of piperazine rings is 1. The zero-order chi connectivity index (χ0) is 14.8. The minimum Gasteiger partial charge on any atom is -0.340 e. The molecule has 1 fully saturated rings. The molecule has 0 radical (unpaired) electrons. The van der Waals surface area contributed by atoms with Crippen LogP contribution in [0.4, 0.5) is 0 Å². The van der Waals surface area contributed by atoms with Crippen LogP contribution in [0, 0.1) is 5.41 Å². The van der Waals surface area contributed by atoms with Gasteiger partial charge in [-0.15, -0.1) is 0 Å². The van der Waals surface area contributed by atoms with Crippen LogP contribution in [-0.4, -0.2) is 52.0 Å². The third kappa shape index (κ3) is 3.55. The van der Waals surface area contributed by atoms with Crippen LogP contribution < -0.4 is 5.73 Å². The van der Waals surface area contributed by atoms with E-state index in [4.69, 9.17) is 10.3 Å². The molecule has 7 nitrogen and oxygen atoms in total. The van der Waals surface area contributed by atoms with E-state index in [1.165, 1.54) is 0 Å². The van der Waals surface area contributed by atoms with Gasteiger partial charge in [0, 0.05) is 31.6 Å². The van der Waals surface area contributed by atoms with Gasteiger partial charge in [-0.25, -0.2) is 0 Å². The first-order valence-electron chi connectivity index (χ1n) is 6.93. The van der Waals surface area contributed by atoms with Crippen molar-refractivity contribution in [3.05, 3.63) is 11.7 Å². The molecule has 0 bridgehead atoms. The van der Waals surface area contributed by atoms with E-state index in [9.17, 15) is 4.79 Å². The van der Waals surface area contributed by atoms with Gasteiger partial charge in [-0.05, 0) is 0 Å². The first-order chi connectivity index (χ1) is 9.40. The lowest BCUT2D eigenvalue weighted by Gasteiger charge is -2.37. The van der Waals surface area contributed by atoms with Gasteiger partial charge in [-0.2, -0.15) is 4.98 Å². The van der Waals surface area contributed by atoms with Gasteiger partial charge >= 0.3 is 0 Å². The van der Waals surface area contributed by atoms with Crippen molar-refractivity contribution in [1.82, 2.24) is 19.9 Å². The van der Waals surface area contributed by atoms with E-state index in [2.05, 4.69) is 15.0 Å². The Balaban J connectivity index is 1.84. The molecule has 2 N–H and O–H groups in total. The van der Waals surface area contributed by atoms with Gasteiger partial charge < -0.3 is 15.2 Å². The van der Waals surface area contributed by atoms with Crippen LogP contribution in [0.25, 0.3) is 0 Å². The van der Waals surface area contributed by atoms with Crippen LogP contribution in [-0.2, 0) is 17.9 Å². The number of hydrogen-bond acceptors (Lipinski definition) is 6. The fourth-order valence-corrected chi connectivity index (χ4v) is 2.22. The summed E-state index contributed by atoms with van der Waals surface area (Å²) in [6, 6.07) is 0. The Morgan fingerprint density at radius 1 is 1.30 bits per heavy atom. The van der Waals surface area contributed by atoms with Crippen LogP contribution in [0.5, 0.6) is 0 Å². The predicted molar refractivity (Wildman–Crippen MR) is 73.5 cm³/mol. The summed E-state index contributed by atoms with van der Waals surface area (Å²) >= 11 is 0. The van der Waals surface area contributed by atoms with Crippen molar-refractivity contribution >= 4 is 5.91 Å². The van der Waals surface area contributed by atoms with E-state index in [1.807, 2.05) is 25.7 Å². The molecule has 0 atom stereocenters. The second-order valence-electron chi connectivity index (χ2n) is 6.13. The van der Waals surface area contributed by atoms with Gasteiger partial charge in [-0.1, -0.05) is 25.9 Å². The number of carbonyl (C=O) groups excluding carboxylic acids is 1. The Hall–Kier alpha value is -1.47. The fourth-order valence-electron chi connectivity index (χ4n) is 2.22. The normalized spacial score (nSPS) is 17.5. The van der Waals surface area contributed by atoms with E-state index < -0.39 is 0 Å². The Kier molecular flexibility index (Phi) is 4.39. The molecular weight excluding hydrogens is 258 g/mol. The molecule has 112 valence electrons. The molecule has 1 aliphatic heterocycles. The van der Waals surface area contributed by atoms with Crippen LogP contribution >= 0.6 is 0 Å². The minimum atomic E-state index is -0.314. The van der Waals surface area contributed by atoms with Crippen molar-refractivity contribution < 1.29 is 9.32 Å². The van der Waals surface area contributed by atoms with E-state index in [0.717, 1.165) is 26.2 Å². The van der Waals surface area contributed by atoms with Gasteiger partial charge in [0.25, 0.3) is 0 Å². The Morgan fingerprint density at radius 2 is 1.95 bits per heavy atom. The maximum Gasteiger partial charge on any atom is 0.240 e. The van der Waals surface area contributed by atoms with Crippen LogP contribution in [0.1, 0.15) is 32.5 Å². The lowest BCUT2D eigenvalue weighted by atomic mass is 9.94. The maximum atomic E-state index is 12.2. The zero-order valence-corrected chi connectivity index (χ0v) is 12.4. The lowest BCUT2D eigenvalue weighted by molar-refractivity contribution is -0.141. The van der Waals surface area contributed by atoms with Crippen molar-refractivity contribution in [2.45, 2.75) is 33.9 Å². The SMILES string of the molecule is CC(C)(C)C(=O)N1CCN(Cc2noc(CN)n2)CC1. The molecule has 0 saturated carbocycles. The molecule has 7 heteroatoms. The first kappa shape index (κ1) is 14.9. The molecule has 0 spiro atoms. The monoisotopic (exact) mass is 281 g/mol. The molecule has 0 aromatic carbocycles. The largest absolute Gasteiger partial charge is 0.340 e. The molecule has 2 rings (SSSR count). The van der Waals surface area contributed by atoms with Gasteiger partial charge in [-0.3, -0.25) is 9.69 Å². The van der Waals surface area contributed by atoms with E-state index >= 15 is 0 Å². The van der Waals surface area contributed by atoms with Crippen molar-refractivity contribution in [2.75, 3.05) is 26.2 Å². The van der Waals surface area contributed by atoms with Crippen LogP contribution in [0.2, 0.25) is 0 Å². The summed E-state index contributed by atoms with van der Waals surface area (Å²) in [4.78, 5) is 20.5. The molecule has 1 amide bonds. The second kappa shape index (κ2) is 5.88. The summed E-state index contributed by atoms with van der Waals surface area (Å²) in [7, 11) is 0. The Morgan fingerprint density at radius 3 is 2.45 bits per heavy atom. The Bertz CT molecular complexity index is 458. The molecule has 1 aromatic heterocycles. The average molecular weight is 281 g/mol. The number of nitrogens with two attached hydrogens (primary N) is 1. The fraction of sp³-hybridized carbons (Fsp3) is 0.769. The number of amides is 1. The summed E-state index contributed by atoms with van der Waals surface area (Å²) in [6.07, 6.45) is 0. The third-order valence-corrected chi connectivity index (χ3v) is 3.35. The van der Waals surface area contributed by atoms with Gasteiger partial charge in [0.1, 0.15) is 0 Å². The van der Waals surface area contributed by atoms with Crippen molar-refractivity contribution in [1.29, 1.82) is 0 Å². The summed E-state index contributed by atoms with van der Waals surface area (Å²) in [6.45, 7) is 9.92. The smallest absolute Gasteiger partial charge is 0.240 e. The first-order valence-corrected chi connectivity index (χ1v) is 6.93. The van der Waals surface area contributed by atoms with Crippen molar-refractivity contribution in [2.24, 2.45) is 11.1 Å². The van der Waals surface area contributed by atoms with Gasteiger partial charge in [0.2, 0.25) is 11.8 Å². The lowest BCUT2D eigenvalue weighted by Crippen LogP contribution is -2.51. The molecule has 2 heterocycles. The highest BCUT2D eigenvalue weighted by atomic mass is 16.5. The van der Waals surface area contributed by atoms with Crippen molar-refractivity contribution in [3.63, 3.8) is 0 Å². The number of aromatic nitrogens is 2. The number of nitrogens with zero attached hydrogens (tertiary/aromatic N) is 4. The Labute approximate surface area is 119 Å². The number of carbonyl (C=O) groups is 1. The highest BCUT2D eigenvalue weighted by Gasteiger charge is 2.29. The summed E-state index contributed by atoms with van der Waals surface area (Å²) < 4.78 is 4.98. The molecule has 1 saturated heterocycles. The summed E-state index contributed by atoms with van der Waals surface area (Å²) in [5, 5.41) is 3.89. The van der Waals surface area contributed by atoms with Gasteiger partial charge in [0.05, 0.1) is 13.1 Å². The number of hydrogen-bond donors (Lipinski definition) is 1. The minimum absolute atomic E-state index is 0.210. The van der Waals surface area contributed by atoms with E-state index in [-0.39, 0.29) is 17.9 Å². The molecule has 1 aliphatic rings. The van der Waals surface area contributed by atoms with E-state index in [1.54, 1.807) is 0 Å². The van der Waals surface area contributed by atoms with Crippen LogP contribution in [0.3, 0.4) is 0 Å². The molecule has 1 aromatic rings. The zero-order valence-electron chi connectivity index (χ0n) is 12.4. The highest BCUT2D eigenvalue weighted by molar-refractivity contribution is 5.81. The molecular formula is C13H23N5O2. The highest BCUT2D eigenvalue weighted by Crippen LogP contribution is 2.18. The number of rotatable bonds is 3. The second-order valence-corrected chi connectivity index (χ2v) is 6.13. The van der Waals surface area contributed by atoms with E-state index in [0.29, 0.717) is 18.3 Å². The molecule has 20 heavy (non-hydrogen) atoms. The summed E-state index contributed by atoms with van der Waals surface area (Å²) in [5.74, 6) is 1.32. The third-order valence-electron chi connectivity index (χ3n) is 3.35. The quantitative estimate of drug-likeness (QED) is 0.852.